The molecule has 0 unspecified atom stereocenters. The van der Waals surface area contributed by atoms with Crippen LogP contribution in [0.15, 0.2) is 18.2 Å². The van der Waals surface area contributed by atoms with Crippen LogP contribution in [0.5, 0.6) is 0 Å². The van der Waals surface area contributed by atoms with Crippen LogP contribution in [-0.2, 0) is 11.2 Å². The van der Waals surface area contributed by atoms with Gasteiger partial charge in [-0.1, -0.05) is 26.2 Å². The number of unbranched alkanes of at least 4 members (excludes halogenated alkanes) is 3. The Morgan fingerprint density at radius 1 is 1.33 bits per heavy atom. The maximum atomic E-state index is 11.8. The first kappa shape index (κ1) is 12.9. The van der Waals surface area contributed by atoms with Gasteiger partial charge >= 0.3 is 5.97 Å². The molecule has 3 nitrogen and oxygen atoms in total. The number of fused-ring (bicyclic) bond motifs is 1. The molecule has 0 amide bonds. The average Bonchev–Trinajstić information content (AvgIpc) is 2.85. The van der Waals surface area contributed by atoms with Crippen LogP contribution in [0.4, 0.5) is 5.69 Å². The number of carbonyl (C=O) groups is 1. The smallest absolute Gasteiger partial charge is 0.338 e. The Bertz CT molecular complexity index is 415. The van der Waals surface area contributed by atoms with E-state index in [4.69, 9.17) is 4.74 Å². The zero-order valence-corrected chi connectivity index (χ0v) is 11.0. The van der Waals surface area contributed by atoms with Gasteiger partial charge in [0.15, 0.2) is 0 Å². The summed E-state index contributed by atoms with van der Waals surface area (Å²) in [6.07, 6.45) is 5.50. The van der Waals surface area contributed by atoms with Crippen molar-refractivity contribution in [3.63, 3.8) is 0 Å². The summed E-state index contributed by atoms with van der Waals surface area (Å²) < 4.78 is 5.28. The van der Waals surface area contributed by atoms with Crippen molar-refractivity contribution >= 4 is 11.7 Å². The third-order valence-electron chi connectivity index (χ3n) is 3.28. The van der Waals surface area contributed by atoms with Crippen molar-refractivity contribution < 1.29 is 9.53 Å². The molecular formula is C15H21NO2. The van der Waals surface area contributed by atoms with E-state index in [1.165, 1.54) is 18.4 Å². The lowest BCUT2D eigenvalue weighted by Crippen LogP contribution is -2.06. The lowest BCUT2D eigenvalue weighted by Gasteiger charge is -2.06. The summed E-state index contributed by atoms with van der Waals surface area (Å²) in [5.74, 6) is -0.193. The van der Waals surface area contributed by atoms with Gasteiger partial charge in [-0.05, 0) is 36.6 Å². The number of hydrogen-bond donors (Lipinski definition) is 1. The highest BCUT2D eigenvalue weighted by atomic mass is 16.5. The molecule has 1 aliphatic heterocycles. The van der Waals surface area contributed by atoms with E-state index < -0.39 is 0 Å². The number of benzene rings is 1. The van der Waals surface area contributed by atoms with E-state index in [-0.39, 0.29) is 5.97 Å². The molecule has 0 atom stereocenters. The molecule has 1 aliphatic rings. The molecule has 0 saturated carbocycles. The van der Waals surface area contributed by atoms with Gasteiger partial charge in [0.25, 0.3) is 0 Å². The van der Waals surface area contributed by atoms with Crippen molar-refractivity contribution in [3.05, 3.63) is 29.3 Å². The molecule has 3 heteroatoms. The number of rotatable bonds is 6. The van der Waals surface area contributed by atoms with Crippen LogP contribution in [-0.4, -0.2) is 19.1 Å². The van der Waals surface area contributed by atoms with E-state index in [1.807, 2.05) is 18.2 Å². The SMILES string of the molecule is CCCCCCOC(=O)c1ccc2c(c1)CCN2. The van der Waals surface area contributed by atoms with Crippen LogP contribution < -0.4 is 5.32 Å². The van der Waals surface area contributed by atoms with Crippen molar-refractivity contribution in [1.29, 1.82) is 0 Å². The topological polar surface area (TPSA) is 38.3 Å². The molecule has 0 saturated heterocycles. The molecule has 2 rings (SSSR count). The van der Waals surface area contributed by atoms with Crippen LogP contribution in [0.2, 0.25) is 0 Å². The number of carbonyl (C=O) groups excluding carboxylic acids is 1. The molecule has 1 N–H and O–H groups in total. The van der Waals surface area contributed by atoms with E-state index in [0.29, 0.717) is 12.2 Å². The van der Waals surface area contributed by atoms with Gasteiger partial charge in [-0.2, -0.15) is 0 Å². The van der Waals surface area contributed by atoms with Crippen LogP contribution in [0.25, 0.3) is 0 Å². The highest BCUT2D eigenvalue weighted by molar-refractivity contribution is 5.90. The molecule has 0 bridgehead atoms. The highest BCUT2D eigenvalue weighted by Crippen LogP contribution is 2.23. The van der Waals surface area contributed by atoms with Gasteiger partial charge in [0.1, 0.15) is 0 Å². The van der Waals surface area contributed by atoms with Gasteiger partial charge in [-0.15, -0.1) is 0 Å². The first-order chi connectivity index (χ1) is 8.81. The Labute approximate surface area is 109 Å². The fraction of sp³-hybridized carbons (Fsp3) is 0.533. The number of anilines is 1. The first-order valence-corrected chi connectivity index (χ1v) is 6.85. The minimum absolute atomic E-state index is 0.193. The van der Waals surface area contributed by atoms with Crippen LogP contribution >= 0.6 is 0 Å². The van der Waals surface area contributed by atoms with E-state index in [1.54, 1.807) is 0 Å². The molecular weight excluding hydrogens is 226 g/mol. The van der Waals surface area contributed by atoms with Crippen LogP contribution in [0, 0.1) is 0 Å². The van der Waals surface area contributed by atoms with Crippen LogP contribution in [0.3, 0.4) is 0 Å². The monoisotopic (exact) mass is 247 g/mol. The largest absolute Gasteiger partial charge is 0.462 e. The van der Waals surface area contributed by atoms with Gasteiger partial charge in [0.05, 0.1) is 12.2 Å². The molecule has 1 aromatic carbocycles. The molecule has 0 spiro atoms. The standard InChI is InChI=1S/C15H21NO2/c1-2-3-4-5-10-18-15(17)13-6-7-14-12(11-13)8-9-16-14/h6-7,11,16H,2-5,8-10H2,1H3. The number of esters is 1. The van der Waals surface area contributed by atoms with E-state index >= 15 is 0 Å². The predicted molar refractivity (Wildman–Crippen MR) is 73.1 cm³/mol. The maximum Gasteiger partial charge on any atom is 0.338 e. The van der Waals surface area contributed by atoms with E-state index in [0.717, 1.165) is 31.5 Å². The third-order valence-corrected chi connectivity index (χ3v) is 3.28. The van der Waals surface area contributed by atoms with Gasteiger partial charge < -0.3 is 10.1 Å². The summed E-state index contributed by atoms with van der Waals surface area (Å²) in [6, 6.07) is 5.76. The third kappa shape index (κ3) is 3.25. The summed E-state index contributed by atoms with van der Waals surface area (Å²) in [7, 11) is 0. The Balaban J connectivity index is 1.82. The summed E-state index contributed by atoms with van der Waals surface area (Å²) in [6.45, 7) is 3.67. The molecule has 98 valence electrons. The summed E-state index contributed by atoms with van der Waals surface area (Å²) >= 11 is 0. The lowest BCUT2D eigenvalue weighted by atomic mass is 10.1. The van der Waals surface area contributed by atoms with E-state index in [9.17, 15) is 4.79 Å². The van der Waals surface area contributed by atoms with Crippen molar-refractivity contribution in [2.24, 2.45) is 0 Å². The average molecular weight is 247 g/mol. The second-order valence-electron chi connectivity index (χ2n) is 4.75. The molecule has 18 heavy (non-hydrogen) atoms. The fourth-order valence-electron chi connectivity index (χ4n) is 2.21. The number of nitrogens with one attached hydrogen (secondary N) is 1. The normalized spacial score (nSPS) is 12.9. The Morgan fingerprint density at radius 3 is 3.06 bits per heavy atom. The lowest BCUT2D eigenvalue weighted by molar-refractivity contribution is 0.0498. The number of hydrogen-bond acceptors (Lipinski definition) is 3. The van der Waals surface area contributed by atoms with Gasteiger partial charge in [0.2, 0.25) is 0 Å². The minimum Gasteiger partial charge on any atom is -0.462 e. The molecule has 0 radical (unpaired) electrons. The molecule has 1 aromatic rings. The maximum absolute atomic E-state index is 11.8. The number of ether oxygens (including phenoxy) is 1. The molecule has 0 aromatic heterocycles. The second kappa shape index (κ2) is 6.43. The Kier molecular flexibility index (Phi) is 4.62. The van der Waals surface area contributed by atoms with Crippen molar-refractivity contribution in [1.82, 2.24) is 0 Å². The zero-order chi connectivity index (χ0) is 12.8. The molecule has 0 fully saturated rings. The van der Waals surface area contributed by atoms with Crippen molar-refractivity contribution in [3.8, 4) is 0 Å². The fourth-order valence-corrected chi connectivity index (χ4v) is 2.21. The van der Waals surface area contributed by atoms with Gasteiger partial charge in [-0.3, -0.25) is 0 Å². The summed E-state index contributed by atoms with van der Waals surface area (Å²) in [5.41, 5.74) is 3.04. The Hall–Kier alpha value is -1.51. The van der Waals surface area contributed by atoms with Crippen molar-refractivity contribution in [2.45, 2.75) is 39.0 Å². The Morgan fingerprint density at radius 2 is 2.22 bits per heavy atom. The first-order valence-electron chi connectivity index (χ1n) is 6.85. The quantitative estimate of drug-likeness (QED) is 0.618. The summed E-state index contributed by atoms with van der Waals surface area (Å²) in [4.78, 5) is 11.8. The zero-order valence-electron chi connectivity index (χ0n) is 11.0. The van der Waals surface area contributed by atoms with E-state index in [2.05, 4.69) is 12.2 Å². The van der Waals surface area contributed by atoms with Crippen molar-refractivity contribution in [2.75, 3.05) is 18.5 Å². The molecule has 1 heterocycles. The van der Waals surface area contributed by atoms with Gasteiger partial charge in [-0.25, -0.2) is 4.79 Å². The second-order valence-corrected chi connectivity index (χ2v) is 4.75. The minimum atomic E-state index is -0.193. The van der Waals surface area contributed by atoms with Crippen LogP contribution in [0.1, 0.15) is 48.5 Å². The van der Waals surface area contributed by atoms with Gasteiger partial charge in [0, 0.05) is 12.2 Å². The highest BCUT2D eigenvalue weighted by Gasteiger charge is 2.13. The predicted octanol–water partition coefficient (Wildman–Crippen LogP) is 3.39. The molecule has 0 aliphatic carbocycles. The summed E-state index contributed by atoms with van der Waals surface area (Å²) in [5, 5.41) is 3.28.